The van der Waals surface area contributed by atoms with Crippen LogP contribution in [0.25, 0.3) is 0 Å². The normalized spacial score (nSPS) is 15.3. The number of carbonyl (C=O) groups is 2. The molecule has 1 fully saturated rings. The highest BCUT2D eigenvalue weighted by Crippen LogP contribution is 2.02. The lowest BCUT2D eigenvalue weighted by Gasteiger charge is -2.26. The van der Waals surface area contributed by atoms with Crippen LogP contribution in [0.15, 0.2) is 24.3 Å². The van der Waals surface area contributed by atoms with E-state index < -0.39 is 11.7 Å². The predicted octanol–water partition coefficient (Wildman–Crippen LogP) is 0.00390. The van der Waals surface area contributed by atoms with Crippen LogP contribution >= 0.6 is 0 Å². The van der Waals surface area contributed by atoms with Crippen LogP contribution in [0.2, 0.25) is 0 Å². The molecule has 0 radical (unpaired) electrons. The molecule has 0 aromatic heterocycles. The second-order valence-corrected chi connectivity index (χ2v) is 4.99. The van der Waals surface area contributed by atoms with E-state index in [4.69, 9.17) is 4.74 Å². The summed E-state index contributed by atoms with van der Waals surface area (Å²) in [7, 11) is 0. The number of ether oxygens (including phenoxy) is 1. The van der Waals surface area contributed by atoms with Crippen molar-refractivity contribution in [1.82, 2.24) is 15.5 Å². The molecule has 1 aliphatic heterocycles. The molecule has 0 saturated carbocycles. The number of hydrogen-bond donors (Lipinski definition) is 2. The summed E-state index contributed by atoms with van der Waals surface area (Å²) in [6.45, 7) is 4.39. The second-order valence-electron chi connectivity index (χ2n) is 4.99. The van der Waals surface area contributed by atoms with Crippen LogP contribution < -0.4 is 10.6 Å². The molecule has 1 heterocycles. The zero-order valence-electron chi connectivity index (χ0n) is 12.3. The van der Waals surface area contributed by atoms with Gasteiger partial charge in [-0.25, -0.2) is 4.39 Å². The van der Waals surface area contributed by atoms with Gasteiger partial charge < -0.3 is 15.4 Å². The molecule has 1 aromatic carbocycles. The Balaban J connectivity index is 1.62. The molecule has 2 amide bonds. The molecule has 1 aliphatic rings. The van der Waals surface area contributed by atoms with Gasteiger partial charge in [-0.05, 0) is 24.3 Å². The smallest absolute Gasteiger partial charge is 0.251 e. The van der Waals surface area contributed by atoms with Crippen LogP contribution in [-0.4, -0.2) is 62.7 Å². The first-order chi connectivity index (χ1) is 10.6. The van der Waals surface area contributed by atoms with E-state index >= 15 is 0 Å². The van der Waals surface area contributed by atoms with E-state index in [0.29, 0.717) is 12.1 Å². The van der Waals surface area contributed by atoms with E-state index in [2.05, 4.69) is 15.5 Å². The third-order valence-electron chi connectivity index (χ3n) is 3.37. The monoisotopic (exact) mass is 309 g/mol. The van der Waals surface area contributed by atoms with Crippen molar-refractivity contribution in [1.29, 1.82) is 0 Å². The van der Waals surface area contributed by atoms with E-state index in [1.165, 1.54) is 24.3 Å². The number of halogens is 1. The summed E-state index contributed by atoms with van der Waals surface area (Å²) < 4.78 is 18.0. The standard InChI is InChI=1S/C15H20FN3O3/c16-13-3-1-12(2-4-13)15(21)18-11-14(20)17-5-6-19-7-9-22-10-8-19/h1-4H,5-11H2,(H,17,20)(H,18,21). The van der Waals surface area contributed by atoms with Gasteiger partial charge in [0, 0.05) is 31.7 Å². The molecule has 0 aliphatic carbocycles. The summed E-state index contributed by atoms with van der Waals surface area (Å²) in [5.74, 6) is -1.05. The maximum Gasteiger partial charge on any atom is 0.251 e. The van der Waals surface area contributed by atoms with Gasteiger partial charge in [-0.15, -0.1) is 0 Å². The minimum Gasteiger partial charge on any atom is -0.379 e. The number of amides is 2. The van der Waals surface area contributed by atoms with Crippen molar-refractivity contribution < 1.29 is 18.7 Å². The summed E-state index contributed by atoms with van der Waals surface area (Å²) in [5.41, 5.74) is 0.322. The molecule has 0 bridgehead atoms. The number of carbonyl (C=O) groups excluding carboxylic acids is 2. The lowest BCUT2D eigenvalue weighted by Crippen LogP contribution is -2.43. The maximum atomic E-state index is 12.7. The number of benzene rings is 1. The number of nitrogens with zero attached hydrogens (tertiary/aromatic N) is 1. The molecule has 1 aromatic rings. The van der Waals surface area contributed by atoms with Gasteiger partial charge in [0.15, 0.2) is 0 Å². The maximum absolute atomic E-state index is 12.7. The molecule has 6 nitrogen and oxygen atoms in total. The number of rotatable bonds is 6. The first-order valence-electron chi connectivity index (χ1n) is 7.26. The molecular formula is C15H20FN3O3. The van der Waals surface area contributed by atoms with Crippen LogP contribution in [0.1, 0.15) is 10.4 Å². The molecule has 120 valence electrons. The van der Waals surface area contributed by atoms with Gasteiger partial charge in [0.1, 0.15) is 5.82 Å². The van der Waals surface area contributed by atoms with E-state index in [9.17, 15) is 14.0 Å². The van der Waals surface area contributed by atoms with Crippen molar-refractivity contribution in [2.45, 2.75) is 0 Å². The lowest BCUT2D eigenvalue weighted by atomic mass is 10.2. The van der Waals surface area contributed by atoms with Crippen molar-refractivity contribution in [3.63, 3.8) is 0 Å². The van der Waals surface area contributed by atoms with E-state index in [1.807, 2.05) is 0 Å². The Morgan fingerprint density at radius 3 is 2.50 bits per heavy atom. The fourth-order valence-electron chi connectivity index (χ4n) is 2.10. The predicted molar refractivity (Wildman–Crippen MR) is 79.0 cm³/mol. The van der Waals surface area contributed by atoms with Crippen LogP contribution in [-0.2, 0) is 9.53 Å². The van der Waals surface area contributed by atoms with Crippen molar-refractivity contribution in [3.8, 4) is 0 Å². The Morgan fingerprint density at radius 1 is 1.14 bits per heavy atom. The highest BCUT2D eigenvalue weighted by atomic mass is 19.1. The van der Waals surface area contributed by atoms with Gasteiger partial charge in [0.25, 0.3) is 5.91 Å². The quantitative estimate of drug-likeness (QED) is 0.776. The Hall–Kier alpha value is -1.99. The SMILES string of the molecule is O=C(CNC(=O)c1ccc(F)cc1)NCCN1CCOCC1. The summed E-state index contributed by atoms with van der Waals surface area (Å²) in [6.07, 6.45) is 0. The molecule has 0 unspecified atom stereocenters. The molecule has 2 rings (SSSR count). The highest BCUT2D eigenvalue weighted by molar-refractivity contribution is 5.96. The third kappa shape index (κ3) is 5.42. The average Bonchev–Trinajstić information content (AvgIpc) is 2.54. The molecule has 22 heavy (non-hydrogen) atoms. The van der Waals surface area contributed by atoms with Gasteiger partial charge in [0.05, 0.1) is 19.8 Å². The van der Waals surface area contributed by atoms with Crippen molar-refractivity contribution in [2.75, 3.05) is 45.9 Å². The Bertz CT molecular complexity index is 501. The zero-order valence-corrected chi connectivity index (χ0v) is 12.3. The molecule has 1 saturated heterocycles. The molecule has 0 spiro atoms. The number of hydrogen-bond acceptors (Lipinski definition) is 4. The van der Waals surface area contributed by atoms with E-state index in [-0.39, 0.29) is 12.5 Å². The van der Waals surface area contributed by atoms with Gasteiger partial charge >= 0.3 is 0 Å². The molecule has 0 atom stereocenters. The molecule has 2 N–H and O–H groups in total. The largest absolute Gasteiger partial charge is 0.379 e. The number of morpholine rings is 1. The lowest BCUT2D eigenvalue weighted by molar-refractivity contribution is -0.120. The zero-order chi connectivity index (χ0) is 15.8. The van der Waals surface area contributed by atoms with Crippen molar-refractivity contribution in [3.05, 3.63) is 35.6 Å². The van der Waals surface area contributed by atoms with Gasteiger partial charge in [-0.2, -0.15) is 0 Å². The topological polar surface area (TPSA) is 70.7 Å². The Kier molecular flexibility index (Phi) is 6.29. The van der Waals surface area contributed by atoms with Crippen LogP contribution in [0.5, 0.6) is 0 Å². The fourth-order valence-corrected chi connectivity index (χ4v) is 2.10. The van der Waals surface area contributed by atoms with Gasteiger partial charge in [-0.1, -0.05) is 0 Å². The summed E-state index contributed by atoms with van der Waals surface area (Å²) in [4.78, 5) is 25.6. The fraction of sp³-hybridized carbons (Fsp3) is 0.467. The number of nitrogens with one attached hydrogen (secondary N) is 2. The van der Waals surface area contributed by atoms with Crippen molar-refractivity contribution >= 4 is 11.8 Å². The van der Waals surface area contributed by atoms with Crippen LogP contribution in [0.3, 0.4) is 0 Å². The molecular weight excluding hydrogens is 289 g/mol. The second kappa shape index (κ2) is 8.45. The average molecular weight is 309 g/mol. The molecule has 7 heteroatoms. The van der Waals surface area contributed by atoms with Gasteiger partial charge in [-0.3, -0.25) is 14.5 Å². The first kappa shape index (κ1) is 16.4. The highest BCUT2D eigenvalue weighted by Gasteiger charge is 2.11. The first-order valence-corrected chi connectivity index (χ1v) is 7.26. The van der Waals surface area contributed by atoms with Crippen LogP contribution in [0, 0.1) is 5.82 Å². The summed E-state index contributed by atoms with van der Waals surface area (Å²) >= 11 is 0. The Labute approximate surface area is 128 Å². The summed E-state index contributed by atoms with van der Waals surface area (Å²) in [5, 5.41) is 5.25. The summed E-state index contributed by atoms with van der Waals surface area (Å²) in [6, 6.07) is 5.16. The Morgan fingerprint density at radius 2 is 1.82 bits per heavy atom. The van der Waals surface area contributed by atoms with Crippen molar-refractivity contribution in [2.24, 2.45) is 0 Å². The minimum absolute atomic E-state index is 0.0979. The third-order valence-corrected chi connectivity index (χ3v) is 3.37. The van der Waals surface area contributed by atoms with E-state index in [0.717, 1.165) is 32.8 Å². The minimum atomic E-state index is -0.405. The van der Waals surface area contributed by atoms with Crippen LogP contribution in [0.4, 0.5) is 4.39 Å². The van der Waals surface area contributed by atoms with E-state index in [1.54, 1.807) is 0 Å². The van der Waals surface area contributed by atoms with Gasteiger partial charge in [0.2, 0.25) is 5.91 Å².